The van der Waals surface area contributed by atoms with Crippen molar-refractivity contribution in [2.45, 2.75) is 44.3 Å². The second-order valence-electron chi connectivity index (χ2n) is 7.32. The zero-order valence-corrected chi connectivity index (χ0v) is 15.3. The highest BCUT2D eigenvalue weighted by atomic mass is 15.5. The van der Waals surface area contributed by atoms with Crippen molar-refractivity contribution in [3.05, 3.63) is 54.6 Å². The van der Waals surface area contributed by atoms with Gasteiger partial charge < -0.3 is 21.8 Å². The average molecular weight is 352 g/mol. The van der Waals surface area contributed by atoms with Crippen LogP contribution < -0.4 is 21.8 Å². The number of rotatable bonds is 5. The minimum absolute atomic E-state index is 0.389. The molecule has 4 rings (SSSR count). The number of hydrogen-bond acceptors (Lipinski definition) is 5. The predicted molar refractivity (Wildman–Crippen MR) is 106 cm³/mol. The molecule has 1 aliphatic carbocycles. The molecule has 1 saturated carbocycles. The van der Waals surface area contributed by atoms with Crippen LogP contribution >= 0.6 is 0 Å². The van der Waals surface area contributed by atoms with Crippen LogP contribution in [0.1, 0.15) is 38.4 Å². The largest absolute Gasteiger partial charge is 0.353 e. The maximum absolute atomic E-state index is 6.87. The van der Waals surface area contributed by atoms with Crippen LogP contribution in [0.2, 0.25) is 0 Å². The molecule has 1 unspecified atom stereocenters. The lowest BCUT2D eigenvalue weighted by atomic mass is 9.77. The van der Waals surface area contributed by atoms with Crippen molar-refractivity contribution in [3.63, 3.8) is 0 Å². The van der Waals surface area contributed by atoms with E-state index in [-0.39, 0.29) is 0 Å². The third kappa shape index (κ3) is 3.34. The number of nitrogens with two attached hydrogens (primary N) is 1. The van der Waals surface area contributed by atoms with Crippen LogP contribution in [-0.2, 0) is 0 Å². The van der Waals surface area contributed by atoms with Gasteiger partial charge in [-0.2, -0.15) is 0 Å². The van der Waals surface area contributed by atoms with Crippen molar-refractivity contribution < 1.29 is 0 Å². The fraction of sp³-hybridized carbons (Fsp3) is 0.450. The number of anilines is 1. The van der Waals surface area contributed by atoms with Crippen molar-refractivity contribution in [1.82, 2.24) is 15.0 Å². The first-order valence-corrected chi connectivity index (χ1v) is 9.57. The second-order valence-corrected chi connectivity index (χ2v) is 7.32. The number of benzene rings is 1. The van der Waals surface area contributed by atoms with Gasteiger partial charge in [-0.05, 0) is 50.4 Å². The van der Waals surface area contributed by atoms with Crippen molar-refractivity contribution in [3.8, 4) is 0 Å². The molecule has 0 spiro atoms. The Hall–Kier alpha value is -2.31. The molecule has 5 N–H and O–H groups in total. The molecule has 1 fully saturated rings. The molecule has 6 nitrogen and oxygen atoms in total. The van der Waals surface area contributed by atoms with E-state index in [0.717, 1.165) is 36.6 Å². The van der Waals surface area contributed by atoms with Crippen molar-refractivity contribution in [1.29, 1.82) is 0 Å². The summed E-state index contributed by atoms with van der Waals surface area (Å²) in [4.78, 5) is 4.49. The van der Waals surface area contributed by atoms with E-state index >= 15 is 0 Å². The molecule has 2 aliphatic rings. The third-order valence-corrected chi connectivity index (χ3v) is 5.53. The van der Waals surface area contributed by atoms with Gasteiger partial charge in [0.15, 0.2) is 5.82 Å². The zero-order chi connectivity index (χ0) is 18.0. The maximum atomic E-state index is 6.87. The van der Waals surface area contributed by atoms with Crippen LogP contribution in [-0.4, -0.2) is 27.9 Å². The number of aromatic nitrogens is 2. The molecule has 2 heterocycles. The SMILES string of the molecule is CCNC1CCC(C2(N)C=C(Nc3ccccc3)c3nccn3N2)CC1. The van der Waals surface area contributed by atoms with Gasteiger partial charge in [0.25, 0.3) is 0 Å². The molecule has 2 aromatic rings. The van der Waals surface area contributed by atoms with E-state index in [2.05, 4.69) is 46.2 Å². The number of nitrogens with zero attached hydrogens (tertiary/aromatic N) is 2. The summed E-state index contributed by atoms with van der Waals surface area (Å²) in [5.74, 6) is 1.25. The molecule has 1 aromatic carbocycles. The maximum Gasteiger partial charge on any atom is 0.174 e. The van der Waals surface area contributed by atoms with Gasteiger partial charge in [-0.1, -0.05) is 25.1 Å². The summed E-state index contributed by atoms with van der Waals surface area (Å²) in [5.41, 5.74) is 11.8. The highest BCUT2D eigenvalue weighted by Gasteiger charge is 2.39. The summed E-state index contributed by atoms with van der Waals surface area (Å²) < 4.78 is 1.95. The molecule has 0 saturated heterocycles. The molecule has 138 valence electrons. The highest BCUT2D eigenvalue weighted by Crippen LogP contribution is 2.35. The zero-order valence-electron chi connectivity index (χ0n) is 15.3. The number of fused-ring (bicyclic) bond motifs is 1. The van der Waals surface area contributed by atoms with E-state index in [9.17, 15) is 0 Å². The van der Waals surface area contributed by atoms with Gasteiger partial charge in [0.2, 0.25) is 0 Å². The summed E-state index contributed by atoms with van der Waals surface area (Å²) in [6, 6.07) is 10.8. The summed E-state index contributed by atoms with van der Waals surface area (Å²) in [6.45, 7) is 3.20. The fourth-order valence-corrected chi connectivity index (χ4v) is 4.18. The van der Waals surface area contributed by atoms with Crippen LogP contribution in [0, 0.1) is 5.92 Å². The van der Waals surface area contributed by atoms with E-state index < -0.39 is 5.66 Å². The number of nitrogens with one attached hydrogen (secondary N) is 3. The topological polar surface area (TPSA) is 79.9 Å². The van der Waals surface area contributed by atoms with E-state index in [0.29, 0.717) is 12.0 Å². The second kappa shape index (κ2) is 7.13. The molecule has 0 radical (unpaired) electrons. The van der Waals surface area contributed by atoms with Gasteiger partial charge in [-0.3, -0.25) is 0 Å². The Morgan fingerprint density at radius 3 is 2.73 bits per heavy atom. The first-order valence-electron chi connectivity index (χ1n) is 9.57. The lowest BCUT2D eigenvalue weighted by Crippen LogP contribution is -2.59. The van der Waals surface area contributed by atoms with Crippen LogP contribution in [0.3, 0.4) is 0 Å². The lowest BCUT2D eigenvalue weighted by molar-refractivity contribution is 0.223. The minimum atomic E-state index is -0.581. The smallest absolute Gasteiger partial charge is 0.174 e. The molecule has 26 heavy (non-hydrogen) atoms. The minimum Gasteiger partial charge on any atom is -0.353 e. The van der Waals surface area contributed by atoms with E-state index in [4.69, 9.17) is 5.73 Å². The van der Waals surface area contributed by atoms with E-state index in [1.54, 1.807) is 6.20 Å². The van der Waals surface area contributed by atoms with E-state index in [1.165, 1.54) is 12.8 Å². The van der Waals surface area contributed by atoms with Crippen LogP contribution in [0.4, 0.5) is 5.69 Å². The van der Waals surface area contributed by atoms with Crippen molar-refractivity contribution in [2.75, 3.05) is 17.3 Å². The predicted octanol–water partition coefficient (Wildman–Crippen LogP) is 2.72. The Balaban J connectivity index is 1.57. The molecule has 1 aromatic heterocycles. The highest BCUT2D eigenvalue weighted by molar-refractivity contribution is 5.76. The molecule has 1 atom stereocenters. The number of imidazole rings is 1. The third-order valence-electron chi connectivity index (χ3n) is 5.53. The quantitative estimate of drug-likeness (QED) is 0.665. The Morgan fingerprint density at radius 1 is 1.23 bits per heavy atom. The first kappa shape index (κ1) is 17.1. The molecule has 0 amide bonds. The molecular weight excluding hydrogens is 324 g/mol. The molecule has 6 heteroatoms. The van der Waals surface area contributed by atoms with Crippen molar-refractivity contribution >= 4 is 11.4 Å². The summed E-state index contributed by atoms with van der Waals surface area (Å²) in [6.07, 6.45) is 10.4. The molecular formula is C20H28N6. The standard InChI is InChI=1S/C20H28N6/c1-2-22-16-10-8-15(9-11-16)20(21)14-18(19-23-12-13-26(19)25-20)24-17-6-4-3-5-7-17/h3-7,12-16,22,24-25H,2,8-11,21H2,1H3. The van der Waals surface area contributed by atoms with Crippen LogP contribution in [0.15, 0.2) is 48.8 Å². The average Bonchev–Trinajstić information content (AvgIpc) is 3.12. The van der Waals surface area contributed by atoms with Gasteiger partial charge in [-0.25, -0.2) is 9.66 Å². The summed E-state index contributed by atoms with van der Waals surface area (Å²) in [5, 5.41) is 7.06. The summed E-state index contributed by atoms with van der Waals surface area (Å²) >= 11 is 0. The molecule has 0 bridgehead atoms. The van der Waals surface area contributed by atoms with Gasteiger partial charge in [0, 0.05) is 30.0 Å². The number of hydrogen-bond donors (Lipinski definition) is 4. The first-order chi connectivity index (χ1) is 12.7. The monoisotopic (exact) mass is 352 g/mol. The van der Waals surface area contributed by atoms with Crippen LogP contribution in [0.25, 0.3) is 5.70 Å². The van der Waals surface area contributed by atoms with Gasteiger partial charge in [0.1, 0.15) is 5.66 Å². The Kier molecular flexibility index (Phi) is 4.70. The van der Waals surface area contributed by atoms with Crippen molar-refractivity contribution in [2.24, 2.45) is 11.7 Å². The number of para-hydroxylation sites is 1. The normalized spacial score (nSPS) is 28.0. The van der Waals surface area contributed by atoms with Crippen LogP contribution in [0.5, 0.6) is 0 Å². The fourth-order valence-electron chi connectivity index (χ4n) is 4.18. The summed E-state index contributed by atoms with van der Waals surface area (Å²) in [7, 11) is 0. The van der Waals surface area contributed by atoms with Gasteiger partial charge in [-0.15, -0.1) is 0 Å². The van der Waals surface area contributed by atoms with E-state index in [1.807, 2.05) is 29.1 Å². The lowest BCUT2D eigenvalue weighted by Gasteiger charge is -2.43. The van der Waals surface area contributed by atoms with Gasteiger partial charge in [0.05, 0.1) is 5.70 Å². The Morgan fingerprint density at radius 2 is 2.00 bits per heavy atom. The Labute approximate surface area is 154 Å². The Bertz CT molecular complexity index is 760. The molecule has 1 aliphatic heterocycles. The van der Waals surface area contributed by atoms with Gasteiger partial charge >= 0.3 is 0 Å².